The van der Waals surface area contributed by atoms with Crippen molar-refractivity contribution >= 4 is 29.1 Å². The number of halogens is 1. The highest BCUT2D eigenvalue weighted by molar-refractivity contribution is 6.31. The Morgan fingerprint density at radius 2 is 2.26 bits per heavy atom. The Morgan fingerprint density at radius 1 is 1.48 bits per heavy atom. The van der Waals surface area contributed by atoms with Crippen LogP contribution in [-0.4, -0.2) is 33.0 Å². The first-order valence-electron chi connectivity index (χ1n) is 6.65. The Kier molecular flexibility index (Phi) is 5.28. The Bertz CT molecular complexity index is 767. The number of nitrogens with one attached hydrogen (secondary N) is 3. The first-order chi connectivity index (χ1) is 11.0. The van der Waals surface area contributed by atoms with Gasteiger partial charge in [0, 0.05) is 17.3 Å². The van der Waals surface area contributed by atoms with E-state index in [1.807, 2.05) is 6.07 Å². The third-order valence-corrected chi connectivity index (χ3v) is 3.08. The molecule has 0 unspecified atom stereocenters. The highest BCUT2D eigenvalue weighted by atomic mass is 35.5. The number of rotatable bonds is 5. The third-order valence-electron chi connectivity index (χ3n) is 2.84. The van der Waals surface area contributed by atoms with Crippen LogP contribution in [0.25, 0.3) is 0 Å². The maximum absolute atomic E-state index is 12.1. The summed E-state index contributed by atoms with van der Waals surface area (Å²) in [6.07, 6.45) is 2.89. The van der Waals surface area contributed by atoms with Crippen molar-refractivity contribution in [2.75, 3.05) is 5.32 Å². The van der Waals surface area contributed by atoms with Crippen LogP contribution in [0.1, 0.15) is 34.3 Å². The van der Waals surface area contributed by atoms with Crippen LogP contribution < -0.4 is 10.6 Å². The molecule has 23 heavy (non-hydrogen) atoms. The molecule has 0 aliphatic carbocycles. The fourth-order valence-corrected chi connectivity index (χ4v) is 1.91. The minimum atomic E-state index is -0.520. The Balaban J connectivity index is 2.11. The van der Waals surface area contributed by atoms with Gasteiger partial charge in [-0.25, -0.2) is 0 Å². The number of hydrogen-bond donors (Lipinski definition) is 3. The monoisotopic (exact) mass is 332 g/mol. The maximum atomic E-state index is 12.1. The lowest BCUT2D eigenvalue weighted by Crippen LogP contribution is -2.33. The van der Waals surface area contributed by atoms with Gasteiger partial charge in [0.2, 0.25) is 0 Å². The molecule has 118 valence electrons. The topological polar surface area (TPSA) is 124 Å². The first-order valence-corrected chi connectivity index (χ1v) is 7.03. The van der Waals surface area contributed by atoms with Crippen LogP contribution >= 0.6 is 11.6 Å². The van der Waals surface area contributed by atoms with E-state index in [2.05, 4.69) is 25.8 Å². The van der Waals surface area contributed by atoms with Gasteiger partial charge in [-0.3, -0.25) is 19.7 Å². The molecule has 0 bridgehead atoms. The number of hydrogen-bond acceptors (Lipinski definition) is 5. The lowest BCUT2D eigenvalue weighted by atomic mass is 10.2. The molecule has 0 aromatic carbocycles. The van der Waals surface area contributed by atoms with Gasteiger partial charge >= 0.3 is 0 Å². The fourth-order valence-electron chi connectivity index (χ4n) is 1.75. The van der Waals surface area contributed by atoms with E-state index in [9.17, 15) is 9.59 Å². The van der Waals surface area contributed by atoms with E-state index in [1.54, 1.807) is 13.0 Å². The van der Waals surface area contributed by atoms with Crippen molar-refractivity contribution in [3.63, 3.8) is 0 Å². The third kappa shape index (κ3) is 4.28. The Labute approximate surface area is 136 Å². The van der Waals surface area contributed by atoms with Gasteiger partial charge in [0.1, 0.15) is 11.4 Å². The van der Waals surface area contributed by atoms with E-state index in [-0.39, 0.29) is 29.5 Å². The minimum Gasteiger partial charge on any atom is -0.347 e. The summed E-state index contributed by atoms with van der Waals surface area (Å²) in [4.78, 5) is 28.1. The van der Waals surface area contributed by atoms with E-state index in [0.717, 1.165) is 0 Å². The van der Waals surface area contributed by atoms with E-state index in [1.165, 1.54) is 18.5 Å². The second-order valence-corrected chi connectivity index (χ2v) is 5.15. The number of nitrogens with zero attached hydrogens (tertiary/aromatic N) is 3. The summed E-state index contributed by atoms with van der Waals surface area (Å²) >= 11 is 5.81. The zero-order chi connectivity index (χ0) is 16.8. The molecule has 2 amide bonds. The Morgan fingerprint density at radius 3 is 2.96 bits per heavy atom. The molecule has 3 N–H and O–H groups in total. The quantitative estimate of drug-likeness (QED) is 0.769. The van der Waals surface area contributed by atoms with Gasteiger partial charge in [-0.2, -0.15) is 10.4 Å². The average Bonchev–Trinajstić information content (AvgIpc) is 2.95. The van der Waals surface area contributed by atoms with Crippen LogP contribution in [0.3, 0.4) is 0 Å². The zero-order valence-electron chi connectivity index (χ0n) is 12.1. The molecule has 0 radical (unpaired) electrons. The SMILES string of the molecule is C[C@@H](CC#N)NC(=O)c1[nH]ncc1NC(=O)c1cc(Cl)ccn1. The molecule has 2 aromatic rings. The zero-order valence-corrected chi connectivity index (χ0v) is 12.9. The van der Waals surface area contributed by atoms with Crippen molar-refractivity contribution in [1.29, 1.82) is 5.26 Å². The van der Waals surface area contributed by atoms with Gasteiger partial charge in [0.05, 0.1) is 24.4 Å². The number of H-pyrrole nitrogens is 1. The summed E-state index contributed by atoms with van der Waals surface area (Å²) in [6.45, 7) is 1.70. The van der Waals surface area contributed by atoms with E-state index in [4.69, 9.17) is 16.9 Å². The van der Waals surface area contributed by atoms with Gasteiger partial charge < -0.3 is 10.6 Å². The van der Waals surface area contributed by atoms with Crippen LogP contribution in [0.2, 0.25) is 5.02 Å². The fraction of sp³-hybridized carbons (Fsp3) is 0.214. The summed E-state index contributed by atoms with van der Waals surface area (Å²) in [5, 5.41) is 20.4. The van der Waals surface area contributed by atoms with E-state index >= 15 is 0 Å². The number of aromatic nitrogens is 3. The molecule has 9 heteroatoms. The largest absolute Gasteiger partial charge is 0.347 e. The molecule has 0 saturated heterocycles. The second-order valence-electron chi connectivity index (χ2n) is 4.71. The maximum Gasteiger partial charge on any atom is 0.274 e. The summed E-state index contributed by atoms with van der Waals surface area (Å²) in [5.41, 5.74) is 0.409. The molecule has 2 heterocycles. The number of carbonyl (C=O) groups is 2. The molecule has 0 fully saturated rings. The summed E-state index contributed by atoms with van der Waals surface area (Å²) in [5.74, 6) is -0.993. The molecule has 2 rings (SSSR count). The van der Waals surface area contributed by atoms with E-state index in [0.29, 0.717) is 5.02 Å². The average molecular weight is 333 g/mol. The van der Waals surface area contributed by atoms with Crippen LogP contribution in [0.15, 0.2) is 24.5 Å². The number of anilines is 1. The first kappa shape index (κ1) is 16.5. The minimum absolute atomic E-state index is 0.0881. The van der Waals surface area contributed by atoms with Crippen LogP contribution in [0.5, 0.6) is 0 Å². The van der Waals surface area contributed by atoms with E-state index < -0.39 is 11.8 Å². The Hall–Kier alpha value is -2.92. The van der Waals surface area contributed by atoms with Gasteiger partial charge in [-0.15, -0.1) is 0 Å². The molecule has 0 aliphatic heterocycles. The van der Waals surface area contributed by atoms with Gasteiger partial charge in [0.25, 0.3) is 11.8 Å². The van der Waals surface area contributed by atoms with Crippen molar-refractivity contribution in [1.82, 2.24) is 20.5 Å². The number of nitriles is 1. The predicted molar refractivity (Wildman–Crippen MR) is 82.9 cm³/mol. The van der Waals surface area contributed by atoms with Gasteiger partial charge in [-0.1, -0.05) is 11.6 Å². The number of pyridine rings is 1. The number of aromatic amines is 1. The van der Waals surface area contributed by atoms with Crippen molar-refractivity contribution < 1.29 is 9.59 Å². The van der Waals surface area contributed by atoms with Gasteiger partial charge in [-0.05, 0) is 19.1 Å². The lowest BCUT2D eigenvalue weighted by Gasteiger charge is -2.10. The molecule has 0 aliphatic rings. The molecule has 8 nitrogen and oxygen atoms in total. The van der Waals surface area contributed by atoms with Crippen molar-refractivity contribution in [2.45, 2.75) is 19.4 Å². The second kappa shape index (κ2) is 7.38. The number of carbonyl (C=O) groups excluding carboxylic acids is 2. The van der Waals surface area contributed by atoms with Crippen molar-refractivity contribution in [2.24, 2.45) is 0 Å². The standard InChI is InChI=1S/C14H13ClN6O2/c1-8(2-4-16)19-14(23)12-11(7-18-21-12)20-13(22)10-6-9(15)3-5-17-10/h3,5-8H,2H2,1H3,(H,18,21)(H,19,23)(H,20,22)/t8-/m0/s1. The van der Waals surface area contributed by atoms with Crippen LogP contribution in [0.4, 0.5) is 5.69 Å². The summed E-state index contributed by atoms with van der Waals surface area (Å²) < 4.78 is 0. The predicted octanol–water partition coefficient (Wildman–Crippen LogP) is 1.74. The molecule has 2 aromatic heterocycles. The normalized spacial score (nSPS) is 11.3. The number of amides is 2. The highest BCUT2D eigenvalue weighted by Crippen LogP contribution is 2.14. The smallest absolute Gasteiger partial charge is 0.274 e. The molecule has 0 saturated carbocycles. The molecule has 1 atom stereocenters. The van der Waals surface area contributed by atoms with Crippen LogP contribution in [0, 0.1) is 11.3 Å². The molecule has 0 spiro atoms. The molecular formula is C14H13ClN6O2. The molecular weight excluding hydrogens is 320 g/mol. The lowest BCUT2D eigenvalue weighted by molar-refractivity contribution is 0.0936. The van der Waals surface area contributed by atoms with Crippen molar-refractivity contribution in [3.05, 3.63) is 40.9 Å². The summed E-state index contributed by atoms with van der Waals surface area (Å²) in [7, 11) is 0. The highest BCUT2D eigenvalue weighted by Gasteiger charge is 2.18. The van der Waals surface area contributed by atoms with Gasteiger partial charge in [0.15, 0.2) is 0 Å². The summed E-state index contributed by atoms with van der Waals surface area (Å²) in [6, 6.07) is 4.59. The van der Waals surface area contributed by atoms with Crippen molar-refractivity contribution in [3.8, 4) is 6.07 Å². The van der Waals surface area contributed by atoms with Crippen LogP contribution in [-0.2, 0) is 0 Å².